The molecule has 0 saturated carbocycles. The van der Waals surface area contributed by atoms with Gasteiger partial charge >= 0.3 is 6.03 Å². The van der Waals surface area contributed by atoms with E-state index < -0.39 is 12.2 Å². The highest BCUT2D eigenvalue weighted by molar-refractivity contribution is 8.00. The van der Waals surface area contributed by atoms with E-state index in [1.165, 1.54) is 5.01 Å². The quantitative estimate of drug-likeness (QED) is 0.719. The van der Waals surface area contributed by atoms with E-state index in [9.17, 15) is 14.4 Å². The first-order valence-electron chi connectivity index (χ1n) is 7.96. The number of fused-ring (bicyclic) bond motifs is 3. The fourth-order valence-corrected chi connectivity index (χ4v) is 4.72. The number of nitrogens with zero attached hydrogens (tertiary/aromatic N) is 3. The van der Waals surface area contributed by atoms with Gasteiger partial charge in [0.25, 0.3) is 0 Å². The van der Waals surface area contributed by atoms with Crippen molar-refractivity contribution in [1.82, 2.24) is 20.2 Å². The highest BCUT2D eigenvalue weighted by atomic mass is 32.2. The third-order valence-corrected chi connectivity index (χ3v) is 5.83. The molecule has 3 aliphatic rings. The first-order chi connectivity index (χ1) is 10.9. The van der Waals surface area contributed by atoms with Gasteiger partial charge in [0.2, 0.25) is 11.8 Å². The van der Waals surface area contributed by atoms with E-state index in [0.717, 1.165) is 18.6 Å². The summed E-state index contributed by atoms with van der Waals surface area (Å²) < 4.78 is 0. The van der Waals surface area contributed by atoms with Crippen molar-refractivity contribution in [2.24, 2.45) is 11.7 Å². The number of hydrazine groups is 1. The summed E-state index contributed by atoms with van der Waals surface area (Å²) in [6, 6.07) is -0.376. The molecule has 0 aliphatic carbocycles. The number of thioether (sulfide) groups is 1. The lowest BCUT2D eigenvalue weighted by Gasteiger charge is -2.44. The predicted molar refractivity (Wildman–Crippen MR) is 85.9 cm³/mol. The zero-order valence-electron chi connectivity index (χ0n) is 13.4. The minimum atomic E-state index is -0.580. The van der Waals surface area contributed by atoms with Gasteiger partial charge in [0, 0.05) is 6.54 Å². The number of rotatable bonds is 5. The van der Waals surface area contributed by atoms with Gasteiger partial charge in [-0.15, -0.1) is 11.8 Å². The van der Waals surface area contributed by atoms with Crippen molar-refractivity contribution >= 4 is 29.6 Å². The van der Waals surface area contributed by atoms with E-state index in [1.807, 2.05) is 0 Å². The molecule has 3 atom stereocenters. The molecule has 4 amide bonds. The monoisotopic (exact) mass is 341 g/mol. The van der Waals surface area contributed by atoms with Gasteiger partial charge in [-0.05, 0) is 24.5 Å². The summed E-state index contributed by atoms with van der Waals surface area (Å²) in [5, 5.41) is 1.03. The molecule has 0 spiro atoms. The van der Waals surface area contributed by atoms with Gasteiger partial charge in [-0.25, -0.2) is 9.80 Å². The standard InChI is InChI=1S/C14H23N5O3S/c1-8(2)3-5-17-12(21)11-9(4-6-23-11)19-13(17)16-18(14(19)22)7-10(15)20/h8-9,11,13,16H,3-7H2,1-2H3,(H2,15,20). The largest absolute Gasteiger partial charge is 0.368 e. The van der Waals surface area contributed by atoms with Crippen LogP contribution in [0.1, 0.15) is 26.7 Å². The van der Waals surface area contributed by atoms with Crippen LogP contribution in [0, 0.1) is 5.92 Å². The number of primary amides is 1. The SMILES string of the molecule is CC(C)CCN1C(=O)C2SCCC2N2C(=O)N(CC(N)=O)NC12. The van der Waals surface area contributed by atoms with Crippen LogP contribution in [0.25, 0.3) is 0 Å². The Bertz CT molecular complexity index is 529. The highest BCUT2D eigenvalue weighted by Gasteiger charge is 2.55. The molecule has 23 heavy (non-hydrogen) atoms. The molecule has 3 saturated heterocycles. The molecular weight excluding hydrogens is 318 g/mol. The third-order valence-electron chi connectivity index (χ3n) is 4.49. The van der Waals surface area contributed by atoms with E-state index in [4.69, 9.17) is 5.73 Å². The maximum atomic E-state index is 12.8. The van der Waals surface area contributed by atoms with Crippen LogP contribution in [0.15, 0.2) is 0 Å². The predicted octanol–water partition coefficient (Wildman–Crippen LogP) is -0.240. The van der Waals surface area contributed by atoms with Crippen LogP contribution in [-0.4, -0.2) is 69.1 Å². The van der Waals surface area contributed by atoms with Crippen LogP contribution >= 0.6 is 11.8 Å². The molecule has 0 bridgehead atoms. The molecule has 3 heterocycles. The molecule has 128 valence electrons. The van der Waals surface area contributed by atoms with Crippen molar-refractivity contribution in [2.75, 3.05) is 18.8 Å². The molecule has 0 aromatic rings. The summed E-state index contributed by atoms with van der Waals surface area (Å²) in [7, 11) is 0. The number of nitrogens with one attached hydrogen (secondary N) is 1. The molecule has 3 rings (SSSR count). The van der Waals surface area contributed by atoms with Crippen molar-refractivity contribution in [3.8, 4) is 0 Å². The van der Waals surface area contributed by atoms with Gasteiger partial charge in [-0.1, -0.05) is 13.8 Å². The molecule has 0 aromatic heterocycles. The Morgan fingerprint density at radius 3 is 2.83 bits per heavy atom. The van der Waals surface area contributed by atoms with Crippen molar-refractivity contribution < 1.29 is 14.4 Å². The molecule has 8 nitrogen and oxygen atoms in total. The van der Waals surface area contributed by atoms with E-state index in [1.54, 1.807) is 21.6 Å². The Morgan fingerprint density at radius 1 is 1.43 bits per heavy atom. The average molecular weight is 341 g/mol. The highest BCUT2D eigenvalue weighted by Crippen LogP contribution is 2.39. The second kappa shape index (κ2) is 6.20. The molecule has 0 aromatic carbocycles. The first kappa shape index (κ1) is 16.4. The van der Waals surface area contributed by atoms with Crippen LogP contribution in [0.3, 0.4) is 0 Å². The van der Waals surface area contributed by atoms with Gasteiger partial charge in [-0.2, -0.15) is 5.43 Å². The number of amides is 4. The number of hydrogen-bond acceptors (Lipinski definition) is 5. The lowest BCUT2D eigenvalue weighted by Crippen LogP contribution is -2.66. The van der Waals surface area contributed by atoms with Crippen LogP contribution in [0.4, 0.5) is 4.79 Å². The number of hydrogen-bond donors (Lipinski definition) is 2. The zero-order valence-corrected chi connectivity index (χ0v) is 14.2. The molecule has 3 unspecified atom stereocenters. The van der Waals surface area contributed by atoms with Gasteiger partial charge in [-0.3, -0.25) is 14.5 Å². The summed E-state index contributed by atoms with van der Waals surface area (Å²) in [4.78, 5) is 40.1. The summed E-state index contributed by atoms with van der Waals surface area (Å²) in [6.45, 7) is 4.60. The van der Waals surface area contributed by atoms with Crippen LogP contribution in [0.2, 0.25) is 0 Å². The van der Waals surface area contributed by atoms with E-state index >= 15 is 0 Å². The van der Waals surface area contributed by atoms with Crippen molar-refractivity contribution in [3.05, 3.63) is 0 Å². The van der Waals surface area contributed by atoms with Crippen LogP contribution in [0.5, 0.6) is 0 Å². The Kier molecular flexibility index (Phi) is 4.41. The molecule has 3 N–H and O–H groups in total. The Hall–Kier alpha value is -1.48. The molecule has 3 fully saturated rings. The number of urea groups is 1. The van der Waals surface area contributed by atoms with E-state index in [-0.39, 0.29) is 29.8 Å². The first-order valence-corrected chi connectivity index (χ1v) is 9.01. The van der Waals surface area contributed by atoms with Crippen molar-refractivity contribution in [1.29, 1.82) is 0 Å². The minimum absolute atomic E-state index is 0.0839. The summed E-state index contributed by atoms with van der Waals surface area (Å²) in [5.41, 5.74) is 8.21. The Morgan fingerprint density at radius 2 is 2.17 bits per heavy atom. The van der Waals surface area contributed by atoms with Gasteiger partial charge in [0.05, 0.1) is 6.04 Å². The lowest BCUT2D eigenvalue weighted by atomic mass is 10.0. The van der Waals surface area contributed by atoms with Gasteiger partial charge in [0.1, 0.15) is 11.8 Å². The van der Waals surface area contributed by atoms with Crippen LogP contribution in [-0.2, 0) is 9.59 Å². The Labute approximate surface area is 139 Å². The van der Waals surface area contributed by atoms with E-state index in [0.29, 0.717) is 12.5 Å². The molecule has 9 heteroatoms. The topological polar surface area (TPSA) is 99.0 Å². The maximum absolute atomic E-state index is 12.8. The normalized spacial score (nSPS) is 30.2. The molecule has 3 aliphatic heterocycles. The summed E-state index contributed by atoms with van der Waals surface area (Å²) in [6.07, 6.45) is 1.16. The summed E-state index contributed by atoms with van der Waals surface area (Å²) in [5.74, 6) is 0.832. The van der Waals surface area contributed by atoms with Crippen molar-refractivity contribution in [3.63, 3.8) is 0 Å². The molecular formula is C14H23N5O3S. The number of nitrogens with two attached hydrogens (primary N) is 1. The summed E-state index contributed by atoms with van der Waals surface area (Å²) >= 11 is 1.62. The van der Waals surface area contributed by atoms with E-state index in [2.05, 4.69) is 19.3 Å². The maximum Gasteiger partial charge on any atom is 0.337 e. The number of carbonyl (C=O) groups excluding carboxylic acids is 3. The second-order valence-corrected chi connectivity index (χ2v) is 7.86. The van der Waals surface area contributed by atoms with Gasteiger partial charge < -0.3 is 10.6 Å². The third kappa shape index (κ3) is 2.87. The van der Waals surface area contributed by atoms with Crippen LogP contribution < -0.4 is 11.2 Å². The number of carbonyl (C=O) groups is 3. The van der Waals surface area contributed by atoms with Crippen molar-refractivity contribution in [2.45, 2.75) is 44.3 Å². The second-order valence-electron chi connectivity index (χ2n) is 6.61. The Balaban J connectivity index is 1.85. The fourth-order valence-electron chi connectivity index (χ4n) is 3.33. The fraction of sp³-hybridized carbons (Fsp3) is 0.786. The molecule has 0 radical (unpaired) electrons. The minimum Gasteiger partial charge on any atom is -0.368 e. The zero-order chi connectivity index (χ0) is 16.7. The smallest absolute Gasteiger partial charge is 0.337 e. The average Bonchev–Trinajstić information content (AvgIpc) is 3.04. The van der Waals surface area contributed by atoms with Gasteiger partial charge in [0.15, 0.2) is 6.29 Å². The lowest BCUT2D eigenvalue weighted by molar-refractivity contribution is -0.144.